The molecule has 0 radical (unpaired) electrons. The number of pyridine rings is 1. The van der Waals surface area contributed by atoms with Crippen molar-refractivity contribution in [2.45, 2.75) is 43.9 Å². The van der Waals surface area contributed by atoms with Gasteiger partial charge in [0.2, 0.25) is 0 Å². The molecule has 2 fully saturated rings. The first-order valence-corrected chi connectivity index (χ1v) is 12.7. The summed E-state index contributed by atoms with van der Waals surface area (Å²) in [5, 5.41) is 4.25. The van der Waals surface area contributed by atoms with Crippen LogP contribution < -0.4 is 15.0 Å². The van der Waals surface area contributed by atoms with Crippen molar-refractivity contribution in [3.8, 4) is 11.4 Å². The summed E-state index contributed by atoms with van der Waals surface area (Å²) in [6, 6.07) is 28.9. The predicted molar refractivity (Wildman–Crippen MR) is 143 cm³/mol. The molecule has 3 heterocycles. The molecular weight excluding hydrogens is 452 g/mol. The fourth-order valence-electron chi connectivity index (χ4n) is 5.28. The van der Waals surface area contributed by atoms with E-state index in [0.29, 0.717) is 11.2 Å². The molecule has 0 bridgehead atoms. The Hall–Kier alpha value is -3.64. The van der Waals surface area contributed by atoms with Crippen molar-refractivity contribution in [2.24, 2.45) is 0 Å². The number of rotatable bonds is 6. The summed E-state index contributed by atoms with van der Waals surface area (Å²) in [7, 11) is 0. The number of hydrogen-bond acceptors (Lipinski definition) is 3. The van der Waals surface area contributed by atoms with E-state index in [1.54, 1.807) is 0 Å². The summed E-state index contributed by atoms with van der Waals surface area (Å²) >= 11 is 5.91. The van der Waals surface area contributed by atoms with Crippen LogP contribution in [0.4, 0.5) is 5.69 Å². The normalized spacial score (nSPS) is 20.2. The van der Waals surface area contributed by atoms with Crippen LogP contribution in [-0.4, -0.2) is 20.8 Å². The predicted octanol–water partition coefficient (Wildman–Crippen LogP) is 6.37. The Bertz CT molecular complexity index is 1280. The van der Waals surface area contributed by atoms with Gasteiger partial charge < -0.3 is 19.5 Å². The average Bonchev–Trinajstić information content (AvgIpc) is 3.66. The quantitative estimate of drug-likeness (QED) is 0.325. The molecule has 0 unspecified atom stereocenters. The number of hydrogen-bond donors (Lipinski definition) is 1. The molecular formula is C29H28N4OS. The molecule has 2 aromatic carbocycles. The molecule has 1 saturated carbocycles. The topological polar surface area (TPSA) is 42.3 Å². The number of anilines is 1. The summed E-state index contributed by atoms with van der Waals surface area (Å²) in [5.74, 6) is 0.921. The van der Waals surface area contributed by atoms with Crippen LogP contribution in [0.2, 0.25) is 0 Å². The van der Waals surface area contributed by atoms with Crippen molar-refractivity contribution in [1.29, 1.82) is 0 Å². The van der Waals surface area contributed by atoms with Gasteiger partial charge in [0.25, 0.3) is 0 Å². The zero-order chi connectivity index (χ0) is 23.6. The fraction of sp³-hybridized carbons (Fsp3) is 0.241. The lowest BCUT2D eigenvalue weighted by Crippen LogP contribution is -2.30. The third-order valence-corrected chi connectivity index (χ3v) is 7.25. The van der Waals surface area contributed by atoms with Crippen molar-refractivity contribution < 1.29 is 4.74 Å². The zero-order valence-corrected chi connectivity index (χ0v) is 20.3. The van der Waals surface area contributed by atoms with Crippen molar-refractivity contribution in [3.05, 3.63) is 109 Å². The van der Waals surface area contributed by atoms with E-state index in [1.165, 1.54) is 12.8 Å². The molecule has 2 aromatic heterocycles. The average molecular weight is 481 g/mol. The van der Waals surface area contributed by atoms with Crippen LogP contribution in [-0.2, 0) is 0 Å². The zero-order valence-electron chi connectivity index (χ0n) is 19.5. The first-order valence-electron chi connectivity index (χ1n) is 12.3. The number of nitrogens with zero attached hydrogens (tertiary/aromatic N) is 3. The fourth-order valence-corrected chi connectivity index (χ4v) is 5.62. The molecule has 2 atom stereocenters. The summed E-state index contributed by atoms with van der Waals surface area (Å²) in [5.41, 5.74) is 4.26. The molecule has 1 N–H and O–H groups in total. The van der Waals surface area contributed by atoms with Gasteiger partial charge in [-0.2, -0.15) is 0 Å². The number of thiocarbonyl (C=S) groups is 1. The Morgan fingerprint density at radius 3 is 2.34 bits per heavy atom. The Kier molecular flexibility index (Phi) is 5.96. The molecule has 2 aliphatic rings. The van der Waals surface area contributed by atoms with E-state index in [-0.39, 0.29) is 12.1 Å². The van der Waals surface area contributed by atoms with E-state index in [0.717, 1.165) is 41.4 Å². The summed E-state index contributed by atoms with van der Waals surface area (Å²) in [6.07, 6.45) is 9.09. The second-order valence-electron chi connectivity index (χ2n) is 9.15. The van der Waals surface area contributed by atoms with Crippen molar-refractivity contribution in [1.82, 2.24) is 14.9 Å². The monoisotopic (exact) mass is 480 g/mol. The Labute approximate surface area is 211 Å². The van der Waals surface area contributed by atoms with Crippen molar-refractivity contribution >= 4 is 23.0 Å². The molecule has 6 rings (SSSR count). The Morgan fingerprint density at radius 1 is 0.829 bits per heavy atom. The van der Waals surface area contributed by atoms with Gasteiger partial charge in [-0.25, -0.2) is 0 Å². The van der Waals surface area contributed by atoms with E-state index in [9.17, 15) is 0 Å². The number of nitrogens with one attached hydrogen (secondary N) is 1. The Balaban J connectivity index is 1.39. The SMILES string of the molecule is S=C1N[C@@H](c2ccccn2)[C@H](c2cccn2-c2ccccc2)N1c1ccc(OC2CCCC2)cc1. The third-order valence-electron chi connectivity index (χ3n) is 6.94. The van der Waals surface area contributed by atoms with Crippen LogP contribution in [0, 0.1) is 0 Å². The van der Waals surface area contributed by atoms with Gasteiger partial charge in [0, 0.05) is 29.5 Å². The van der Waals surface area contributed by atoms with Gasteiger partial charge in [-0.3, -0.25) is 4.98 Å². The maximum atomic E-state index is 6.21. The van der Waals surface area contributed by atoms with E-state index in [4.69, 9.17) is 17.0 Å². The van der Waals surface area contributed by atoms with Crippen LogP contribution in [0.5, 0.6) is 5.75 Å². The summed E-state index contributed by atoms with van der Waals surface area (Å²) < 4.78 is 8.44. The number of ether oxygens (including phenoxy) is 1. The van der Waals surface area contributed by atoms with Gasteiger partial charge >= 0.3 is 0 Å². The van der Waals surface area contributed by atoms with Crippen LogP contribution >= 0.6 is 12.2 Å². The first kappa shape index (κ1) is 21.9. The first-order chi connectivity index (χ1) is 17.3. The molecule has 5 nitrogen and oxygen atoms in total. The van der Waals surface area contributed by atoms with Crippen LogP contribution in [0.1, 0.15) is 49.2 Å². The van der Waals surface area contributed by atoms with Gasteiger partial charge in [-0.1, -0.05) is 24.3 Å². The summed E-state index contributed by atoms with van der Waals surface area (Å²) in [6.45, 7) is 0. The van der Waals surface area contributed by atoms with Crippen molar-refractivity contribution in [2.75, 3.05) is 4.90 Å². The molecule has 1 aliphatic carbocycles. The second kappa shape index (κ2) is 9.55. The lowest BCUT2D eigenvalue weighted by Gasteiger charge is -2.29. The van der Waals surface area contributed by atoms with E-state index in [1.807, 2.05) is 24.4 Å². The molecule has 0 spiro atoms. The smallest absolute Gasteiger partial charge is 0.174 e. The van der Waals surface area contributed by atoms with E-state index < -0.39 is 0 Å². The lowest BCUT2D eigenvalue weighted by molar-refractivity contribution is 0.210. The van der Waals surface area contributed by atoms with E-state index >= 15 is 0 Å². The Morgan fingerprint density at radius 2 is 1.60 bits per heavy atom. The van der Waals surface area contributed by atoms with Crippen LogP contribution in [0.3, 0.4) is 0 Å². The highest BCUT2D eigenvalue weighted by atomic mass is 32.1. The number of para-hydroxylation sites is 1. The van der Waals surface area contributed by atoms with Gasteiger partial charge in [0.15, 0.2) is 5.11 Å². The van der Waals surface area contributed by atoms with Crippen molar-refractivity contribution in [3.63, 3.8) is 0 Å². The van der Waals surface area contributed by atoms with Gasteiger partial charge in [-0.15, -0.1) is 0 Å². The standard InChI is InChI=1S/C29H28N4OS/c35-29-31-27(25-13-6-7-19-30-25)28(26-14-8-20-32(26)21-9-2-1-3-10-21)33(29)22-15-17-24(18-16-22)34-23-11-4-5-12-23/h1-3,6-10,13-20,23,27-28H,4-5,11-12H2,(H,31,35)/t27-,28-/m0/s1. The van der Waals surface area contributed by atoms with Gasteiger partial charge in [-0.05, 0) is 98.6 Å². The molecule has 35 heavy (non-hydrogen) atoms. The van der Waals surface area contributed by atoms with Gasteiger partial charge in [0.1, 0.15) is 11.8 Å². The van der Waals surface area contributed by atoms with Gasteiger partial charge in [0.05, 0.1) is 17.8 Å². The summed E-state index contributed by atoms with van der Waals surface area (Å²) in [4.78, 5) is 6.89. The molecule has 0 amide bonds. The highest BCUT2D eigenvalue weighted by Gasteiger charge is 2.42. The molecule has 1 saturated heterocycles. The second-order valence-corrected chi connectivity index (χ2v) is 9.54. The molecule has 6 heteroatoms. The highest BCUT2D eigenvalue weighted by Crippen LogP contribution is 2.42. The van der Waals surface area contributed by atoms with Crippen LogP contribution in [0.15, 0.2) is 97.3 Å². The maximum Gasteiger partial charge on any atom is 0.174 e. The van der Waals surface area contributed by atoms with Crippen LogP contribution in [0.25, 0.3) is 5.69 Å². The largest absolute Gasteiger partial charge is 0.490 e. The molecule has 176 valence electrons. The minimum Gasteiger partial charge on any atom is -0.490 e. The molecule has 1 aliphatic heterocycles. The maximum absolute atomic E-state index is 6.21. The lowest BCUT2D eigenvalue weighted by atomic mass is 10.0. The third kappa shape index (κ3) is 4.30. The van der Waals surface area contributed by atoms with E-state index in [2.05, 4.69) is 92.7 Å². The number of benzene rings is 2. The minimum absolute atomic E-state index is 0.0748. The number of aromatic nitrogens is 2. The highest BCUT2D eigenvalue weighted by molar-refractivity contribution is 7.80. The molecule has 4 aromatic rings. The minimum atomic E-state index is -0.0875.